The van der Waals surface area contributed by atoms with E-state index in [1.807, 2.05) is 0 Å². The summed E-state index contributed by atoms with van der Waals surface area (Å²) in [4.78, 5) is 0. The zero-order valence-corrected chi connectivity index (χ0v) is 7.24. The van der Waals surface area contributed by atoms with Crippen molar-refractivity contribution in [2.75, 3.05) is 11.2 Å². The molecule has 0 fully saturated rings. The van der Waals surface area contributed by atoms with Gasteiger partial charge in [0.1, 0.15) is 0 Å². The van der Waals surface area contributed by atoms with Crippen molar-refractivity contribution in [2.24, 2.45) is 0 Å². The molecule has 0 bridgehead atoms. The van der Waals surface area contributed by atoms with Crippen LogP contribution in [0.1, 0.15) is 19.8 Å². The summed E-state index contributed by atoms with van der Waals surface area (Å²) in [7, 11) is 0. The fourth-order valence-electron chi connectivity index (χ4n) is 0.311. The van der Waals surface area contributed by atoms with E-state index < -0.39 is 0 Å². The molecule has 0 rings (SSSR count). The number of rotatable bonds is 4. The van der Waals surface area contributed by atoms with Gasteiger partial charge in [-0.05, 0) is 0 Å². The van der Waals surface area contributed by atoms with Crippen LogP contribution >= 0.6 is 0 Å². The van der Waals surface area contributed by atoms with Crippen molar-refractivity contribution in [3.05, 3.63) is 0 Å². The normalized spacial score (nSPS) is 9.43. The molecule has 0 heterocycles. The molecule has 42 valence electrons. The minimum absolute atomic E-state index is 0.911. The second-order valence-electron chi connectivity index (χ2n) is 1.39. The first-order valence-corrected chi connectivity index (χ1v) is 4.41. The van der Waals surface area contributed by atoms with Gasteiger partial charge in [0.2, 0.25) is 0 Å². The van der Waals surface area contributed by atoms with Crippen molar-refractivity contribution >= 4 is 23.0 Å². The van der Waals surface area contributed by atoms with Crippen LogP contribution in [-0.4, -0.2) is 34.2 Å². The molecule has 0 saturated carbocycles. The molecule has 0 aromatic heterocycles. The third-order valence-corrected chi connectivity index (χ3v) is 1.25. The monoisotopic (exact) mass is 208 g/mol. The Morgan fingerprint density at radius 3 is 2.71 bits per heavy atom. The molecule has 0 aliphatic rings. The van der Waals surface area contributed by atoms with E-state index in [0.29, 0.717) is 0 Å². The Kier molecular flexibility index (Phi) is 7.53. The van der Waals surface area contributed by atoms with Crippen molar-refractivity contribution in [1.82, 2.24) is 0 Å². The first-order chi connectivity index (χ1) is 3.41. The average Bonchev–Trinajstić information content (AvgIpc) is 1.69. The first-order valence-electron chi connectivity index (χ1n) is 2.60. The van der Waals surface area contributed by atoms with Gasteiger partial charge in [-0.2, -0.15) is 0 Å². The van der Waals surface area contributed by atoms with Crippen molar-refractivity contribution < 1.29 is 4.74 Å². The molecule has 2 radical (unpaired) electrons. The van der Waals surface area contributed by atoms with Gasteiger partial charge in [-0.1, -0.05) is 0 Å². The van der Waals surface area contributed by atoms with E-state index in [-0.39, 0.29) is 0 Å². The number of hydrogen-bond acceptors (Lipinski definition) is 1. The van der Waals surface area contributed by atoms with Gasteiger partial charge in [-0.15, -0.1) is 0 Å². The van der Waals surface area contributed by atoms with Crippen LogP contribution in [0.25, 0.3) is 0 Å². The SMILES string of the molecule is CCCCO[CH2][Sb]. The molecule has 0 unspecified atom stereocenters. The fraction of sp³-hybridized carbons (Fsp3) is 1.00. The van der Waals surface area contributed by atoms with Crippen molar-refractivity contribution in [2.45, 2.75) is 19.8 Å². The Hall–Kier alpha value is 0.778. The summed E-state index contributed by atoms with van der Waals surface area (Å²) in [5, 5.41) is 0. The van der Waals surface area contributed by atoms with Crippen LogP contribution in [0.4, 0.5) is 0 Å². The molecule has 0 spiro atoms. The molecule has 0 aromatic rings. The predicted molar refractivity (Wildman–Crippen MR) is 31.5 cm³/mol. The third kappa shape index (κ3) is 6.78. The maximum atomic E-state index is 5.10. The third-order valence-electron chi connectivity index (χ3n) is 0.734. The van der Waals surface area contributed by atoms with Crippen LogP contribution in [0.3, 0.4) is 0 Å². The molecule has 0 aromatic carbocycles. The van der Waals surface area contributed by atoms with Gasteiger partial charge in [0, 0.05) is 0 Å². The number of hydrogen-bond donors (Lipinski definition) is 0. The molecular formula is C5H11OSb. The van der Waals surface area contributed by atoms with Gasteiger partial charge in [-0.3, -0.25) is 0 Å². The maximum absolute atomic E-state index is 5.10. The zero-order valence-electron chi connectivity index (χ0n) is 4.68. The van der Waals surface area contributed by atoms with Crippen LogP contribution in [0.15, 0.2) is 0 Å². The van der Waals surface area contributed by atoms with Crippen LogP contribution in [0, 0.1) is 0 Å². The van der Waals surface area contributed by atoms with Crippen LogP contribution in [0.2, 0.25) is 0 Å². The molecule has 0 saturated heterocycles. The zero-order chi connectivity index (χ0) is 5.54. The molecule has 0 amide bonds. The van der Waals surface area contributed by atoms with E-state index in [1.165, 1.54) is 12.8 Å². The van der Waals surface area contributed by atoms with E-state index in [0.717, 1.165) is 11.2 Å². The van der Waals surface area contributed by atoms with E-state index in [2.05, 4.69) is 6.92 Å². The minimum atomic E-state index is 0.911. The Morgan fingerprint density at radius 1 is 1.57 bits per heavy atom. The standard InChI is InChI=1S/C5H11O.Sb/c1-3-4-5-6-2;/h2-5H2,1H3;. The van der Waals surface area contributed by atoms with Gasteiger partial charge >= 0.3 is 58.7 Å². The topological polar surface area (TPSA) is 9.23 Å². The van der Waals surface area contributed by atoms with E-state index in [9.17, 15) is 0 Å². The summed E-state index contributed by atoms with van der Waals surface area (Å²) < 4.78 is 6.01. The van der Waals surface area contributed by atoms with Gasteiger partial charge < -0.3 is 0 Å². The predicted octanol–water partition coefficient (Wildman–Crippen LogP) is 0.929. The number of unbranched alkanes of at least 4 members (excludes halogenated alkanes) is 1. The Balaban J connectivity index is 2.45. The van der Waals surface area contributed by atoms with E-state index >= 15 is 0 Å². The molecule has 0 atom stereocenters. The molecule has 7 heavy (non-hydrogen) atoms. The molecule has 0 aliphatic heterocycles. The molecule has 2 heteroatoms. The van der Waals surface area contributed by atoms with Crippen molar-refractivity contribution in [3.63, 3.8) is 0 Å². The second kappa shape index (κ2) is 6.78. The van der Waals surface area contributed by atoms with E-state index in [4.69, 9.17) is 4.74 Å². The number of ether oxygens (including phenoxy) is 1. The molecule has 0 aliphatic carbocycles. The van der Waals surface area contributed by atoms with E-state index in [1.54, 1.807) is 23.0 Å². The molecule has 0 N–H and O–H groups in total. The van der Waals surface area contributed by atoms with Gasteiger partial charge in [0.05, 0.1) is 0 Å². The quantitative estimate of drug-likeness (QED) is 0.494. The van der Waals surface area contributed by atoms with Gasteiger partial charge in [0.25, 0.3) is 0 Å². The summed E-state index contributed by atoms with van der Waals surface area (Å²) in [6.07, 6.45) is 2.45. The fourth-order valence-corrected chi connectivity index (χ4v) is 0.679. The summed E-state index contributed by atoms with van der Waals surface area (Å²) in [6, 6.07) is 0. The Labute approximate surface area is 58.9 Å². The first kappa shape index (κ1) is 7.78. The average molecular weight is 209 g/mol. The van der Waals surface area contributed by atoms with Crippen molar-refractivity contribution in [1.29, 1.82) is 0 Å². The van der Waals surface area contributed by atoms with Crippen molar-refractivity contribution in [3.8, 4) is 0 Å². The summed E-state index contributed by atoms with van der Waals surface area (Å²) in [5.74, 6) is 0. The van der Waals surface area contributed by atoms with Crippen LogP contribution in [0.5, 0.6) is 0 Å². The molecular weight excluding hydrogens is 198 g/mol. The van der Waals surface area contributed by atoms with Crippen LogP contribution < -0.4 is 0 Å². The van der Waals surface area contributed by atoms with Crippen LogP contribution in [-0.2, 0) is 4.74 Å². The van der Waals surface area contributed by atoms with Gasteiger partial charge in [0.15, 0.2) is 0 Å². The molecule has 1 nitrogen and oxygen atoms in total. The van der Waals surface area contributed by atoms with Gasteiger partial charge in [-0.25, -0.2) is 0 Å². The summed E-state index contributed by atoms with van der Waals surface area (Å²) >= 11 is 1.72. The second-order valence-corrected chi connectivity index (χ2v) is 2.13. The summed E-state index contributed by atoms with van der Waals surface area (Å²) in [6.45, 7) is 3.12. The summed E-state index contributed by atoms with van der Waals surface area (Å²) in [5.41, 5.74) is 0. The Bertz CT molecular complexity index is 27.3. The Morgan fingerprint density at radius 2 is 2.29 bits per heavy atom.